The molecule has 2 aliphatic carbocycles. The first-order valence-electron chi connectivity index (χ1n) is 18.6. The summed E-state index contributed by atoms with van der Waals surface area (Å²) >= 11 is 0. The molecule has 11 rings (SSSR count). The van der Waals surface area contributed by atoms with Gasteiger partial charge in [-0.15, -0.1) is 0 Å². The van der Waals surface area contributed by atoms with Crippen molar-refractivity contribution in [2.45, 2.75) is 38.5 Å². The molecule has 0 spiro atoms. The molecule has 0 saturated heterocycles. The fourth-order valence-corrected chi connectivity index (χ4v) is 9.42. The van der Waals surface area contributed by atoms with Crippen LogP contribution in [0.25, 0.3) is 83.3 Å². The van der Waals surface area contributed by atoms with Gasteiger partial charge in [-0.2, -0.15) is 0 Å². The van der Waals surface area contributed by atoms with Gasteiger partial charge < -0.3 is 0 Å². The molecule has 3 aromatic heterocycles. The van der Waals surface area contributed by atoms with E-state index in [0.717, 1.165) is 38.8 Å². The van der Waals surface area contributed by atoms with Gasteiger partial charge in [0.05, 0.1) is 16.7 Å². The van der Waals surface area contributed by atoms with Crippen molar-refractivity contribution in [1.29, 1.82) is 0 Å². The van der Waals surface area contributed by atoms with Crippen LogP contribution < -0.4 is 0 Å². The minimum absolute atomic E-state index is 0.0917. The molecule has 0 unspecified atom stereocenters. The lowest BCUT2D eigenvalue weighted by Gasteiger charge is -2.22. The first-order chi connectivity index (χ1) is 25.8. The van der Waals surface area contributed by atoms with Crippen molar-refractivity contribution in [2.24, 2.45) is 0 Å². The topological polar surface area (TPSA) is 30.2 Å². The molecule has 0 bridgehead atoms. The van der Waals surface area contributed by atoms with Gasteiger partial charge in [-0.3, -0.25) is 4.40 Å². The van der Waals surface area contributed by atoms with Crippen LogP contribution in [0.4, 0.5) is 0 Å². The van der Waals surface area contributed by atoms with Crippen LogP contribution in [-0.4, -0.2) is 14.4 Å². The molecule has 6 aromatic carbocycles. The summed E-state index contributed by atoms with van der Waals surface area (Å²) in [5.74, 6) is 0. The first-order valence-corrected chi connectivity index (χ1v) is 18.6. The summed E-state index contributed by atoms with van der Waals surface area (Å²) in [6, 6.07) is 53.5. The molecule has 2 aliphatic rings. The maximum atomic E-state index is 5.42. The van der Waals surface area contributed by atoms with E-state index in [4.69, 9.17) is 9.97 Å². The molecule has 0 fully saturated rings. The van der Waals surface area contributed by atoms with Crippen molar-refractivity contribution < 1.29 is 0 Å². The van der Waals surface area contributed by atoms with E-state index >= 15 is 0 Å². The number of para-hydroxylation sites is 1. The van der Waals surface area contributed by atoms with Crippen LogP contribution in [0.15, 0.2) is 152 Å². The summed E-state index contributed by atoms with van der Waals surface area (Å²) in [5, 5.41) is 1.06. The molecule has 0 aliphatic heterocycles. The van der Waals surface area contributed by atoms with Gasteiger partial charge in [-0.1, -0.05) is 125 Å². The Balaban J connectivity index is 1.18. The van der Waals surface area contributed by atoms with E-state index in [-0.39, 0.29) is 10.8 Å². The number of pyridine rings is 2. The van der Waals surface area contributed by atoms with Crippen LogP contribution in [0.3, 0.4) is 0 Å². The Morgan fingerprint density at radius 3 is 1.60 bits per heavy atom. The average molecular weight is 680 g/mol. The molecule has 0 amide bonds. The summed E-state index contributed by atoms with van der Waals surface area (Å²) in [7, 11) is 0. The first kappa shape index (κ1) is 30.3. The van der Waals surface area contributed by atoms with Gasteiger partial charge in [0, 0.05) is 28.0 Å². The fourth-order valence-electron chi connectivity index (χ4n) is 9.42. The van der Waals surface area contributed by atoms with Crippen molar-refractivity contribution >= 4 is 27.6 Å². The second kappa shape index (κ2) is 10.6. The van der Waals surface area contributed by atoms with Crippen LogP contribution >= 0.6 is 0 Å². The van der Waals surface area contributed by atoms with Crippen molar-refractivity contribution in [1.82, 2.24) is 14.4 Å². The lowest BCUT2D eigenvalue weighted by Crippen LogP contribution is -2.15. The van der Waals surface area contributed by atoms with Gasteiger partial charge in [0.2, 0.25) is 0 Å². The standard InChI is InChI=1S/C50H37N3/c1-49(2)40-16-8-5-13-35(40)37-22-20-30(28-42(37)49)32-25-33(31-21-23-38-36-14-6-9-17-41(36)50(3,4)43(38)29-31)27-34(26-32)46-48-47(39-15-7-10-18-44(39)51-46)52-45-19-11-12-24-53(45)48/h5-29H,1-4H3. The highest BCUT2D eigenvalue weighted by molar-refractivity contribution is 6.09. The number of imidazole rings is 1. The van der Waals surface area contributed by atoms with E-state index in [1.165, 1.54) is 66.8 Å². The molecular formula is C50H37N3. The molecule has 0 radical (unpaired) electrons. The molecule has 9 aromatic rings. The Morgan fingerprint density at radius 2 is 0.962 bits per heavy atom. The second-order valence-electron chi connectivity index (χ2n) is 15.9. The highest BCUT2D eigenvalue weighted by Gasteiger charge is 2.36. The molecule has 53 heavy (non-hydrogen) atoms. The average Bonchev–Trinajstić information content (AvgIpc) is 3.78. The molecular weight excluding hydrogens is 643 g/mol. The number of fused-ring (bicyclic) bond motifs is 11. The Morgan fingerprint density at radius 1 is 0.434 bits per heavy atom. The van der Waals surface area contributed by atoms with Gasteiger partial charge in [0.1, 0.15) is 11.2 Å². The number of aromatic nitrogens is 3. The summed E-state index contributed by atoms with van der Waals surface area (Å²) in [6.45, 7) is 9.42. The van der Waals surface area contributed by atoms with Gasteiger partial charge >= 0.3 is 0 Å². The highest BCUT2D eigenvalue weighted by Crippen LogP contribution is 2.51. The quantitative estimate of drug-likeness (QED) is 0.186. The molecule has 3 heteroatoms. The third-order valence-corrected chi connectivity index (χ3v) is 12.2. The van der Waals surface area contributed by atoms with Crippen LogP contribution in [0.5, 0.6) is 0 Å². The van der Waals surface area contributed by atoms with Gasteiger partial charge in [-0.25, -0.2) is 9.97 Å². The normalized spacial score (nSPS) is 14.7. The fraction of sp³-hybridized carbons (Fsp3) is 0.120. The Kier molecular flexibility index (Phi) is 6.07. The predicted molar refractivity (Wildman–Crippen MR) is 219 cm³/mol. The van der Waals surface area contributed by atoms with E-state index in [1.807, 2.05) is 0 Å². The second-order valence-corrected chi connectivity index (χ2v) is 15.9. The maximum absolute atomic E-state index is 5.42. The Labute approximate surface area is 309 Å². The Bertz CT molecular complexity index is 2890. The minimum atomic E-state index is -0.0917. The van der Waals surface area contributed by atoms with E-state index < -0.39 is 0 Å². The summed E-state index contributed by atoms with van der Waals surface area (Å²) in [5.41, 5.74) is 21.3. The van der Waals surface area contributed by atoms with Crippen LogP contribution in [-0.2, 0) is 10.8 Å². The zero-order chi connectivity index (χ0) is 35.6. The molecule has 3 heterocycles. The van der Waals surface area contributed by atoms with Crippen LogP contribution in [0.1, 0.15) is 49.9 Å². The number of rotatable bonds is 3. The SMILES string of the molecule is CC1(C)c2ccccc2-c2ccc(-c3cc(-c4ccc5c(c4)C(C)(C)c4ccccc4-5)cc(-c4nc5ccccc5c5nc6ccccn6c45)c3)cc21. The monoisotopic (exact) mass is 679 g/mol. The van der Waals surface area contributed by atoms with Crippen molar-refractivity contribution in [2.75, 3.05) is 0 Å². The lowest BCUT2D eigenvalue weighted by atomic mass is 9.81. The van der Waals surface area contributed by atoms with E-state index in [9.17, 15) is 0 Å². The van der Waals surface area contributed by atoms with Crippen molar-refractivity contribution in [3.8, 4) is 55.8 Å². The van der Waals surface area contributed by atoms with Gasteiger partial charge in [0.25, 0.3) is 0 Å². The van der Waals surface area contributed by atoms with Gasteiger partial charge in [0.15, 0.2) is 0 Å². The van der Waals surface area contributed by atoms with Crippen LogP contribution in [0.2, 0.25) is 0 Å². The summed E-state index contributed by atoms with van der Waals surface area (Å²) < 4.78 is 2.20. The largest absolute Gasteiger partial charge is 0.298 e. The summed E-state index contributed by atoms with van der Waals surface area (Å²) in [4.78, 5) is 10.6. The zero-order valence-corrected chi connectivity index (χ0v) is 30.3. The van der Waals surface area contributed by atoms with E-state index in [0.29, 0.717) is 0 Å². The molecule has 3 nitrogen and oxygen atoms in total. The van der Waals surface area contributed by atoms with E-state index in [2.05, 4.69) is 184 Å². The molecule has 252 valence electrons. The zero-order valence-electron chi connectivity index (χ0n) is 30.3. The number of hydrogen-bond donors (Lipinski definition) is 0. The number of nitrogens with zero attached hydrogens (tertiary/aromatic N) is 3. The van der Waals surface area contributed by atoms with Crippen molar-refractivity contribution in [3.05, 3.63) is 174 Å². The summed E-state index contributed by atoms with van der Waals surface area (Å²) in [6.07, 6.45) is 2.11. The highest BCUT2D eigenvalue weighted by atomic mass is 15.0. The number of hydrogen-bond acceptors (Lipinski definition) is 2. The minimum Gasteiger partial charge on any atom is -0.298 e. The third kappa shape index (κ3) is 4.22. The van der Waals surface area contributed by atoms with Crippen molar-refractivity contribution in [3.63, 3.8) is 0 Å². The van der Waals surface area contributed by atoms with Crippen LogP contribution in [0, 0.1) is 0 Å². The molecule has 0 saturated carbocycles. The smallest absolute Gasteiger partial charge is 0.137 e. The number of benzene rings is 6. The molecule has 0 atom stereocenters. The third-order valence-electron chi connectivity index (χ3n) is 12.2. The maximum Gasteiger partial charge on any atom is 0.137 e. The van der Waals surface area contributed by atoms with Gasteiger partial charge in [-0.05, 0) is 115 Å². The lowest BCUT2D eigenvalue weighted by molar-refractivity contribution is 0.660. The predicted octanol–water partition coefficient (Wildman–Crippen LogP) is 12.6. The van der Waals surface area contributed by atoms with E-state index in [1.54, 1.807) is 0 Å². The molecule has 0 N–H and O–H groups in total. The Hall–Kier alpha value is -6.32.